The van der Waals surface area contributed by atoms with Gasteiger partial charge in [-0.05, 0) is 24.6 Å². The molecule has 0 fully saturated rings. The molecular weight excluding hydrogens is 284 g/mol. The van der Waals surface area contributed by atoms with E-state index in [-0.39, 0.29) is 33.6 Å². The van der Waals surface area contributed by atoms with E-state index in [1.807, 2.05) is 0 Å². The first kappa shape index (κ1) is 14.0. The molecular formula is C17H14O5. The smallest absolute Gasteiger partial charge is 0.204 e. The van der Waals surface area contributed by atoms with Gasteiger partial charge in [-0.1, -0.05) is 12.1 Å². The zero-order valence-corrected chi connectivity index (χ0v) is 12.1. The zero-order valence-electron chi connectivity index (χ0n) is 12.1. The number of fused-ring (bicyclic) bond motifs is 1. The van der Waals surface area contributed by atoms with E-state index in [9.17, 15) is 15.0 Å². The number of benzene rings is 2. The molecule has 5 heteroatoms. The highest BCUT2D eigenvalue weighted by Crippen LogP contribution is 2.32. The predicted octanol–water partition coefficient (Wildman–Crippen LogP) is 3.19. The normalized spacial score (nSPS) is 10.8. The lowest BCUT2D eigenvalue weighted by Gasteiger charge is -2.10. The summed E-state index contributed by atoms with van der Waals surface area (Å²) in [6, 6.07) is 9.06. The Morgan fingerprint density at radius 3 is 2.36 bits per heavy atom. The third-order valence-electron chi connectivity index (χ3n) is 3.50. The molecule has 1 heterocycles. The van der Waals surface area contributed by atoms with Crippen LogP contribution in [0, 0.1) is 6.92 Å². The molecule has 0 spiro atoms. The SMILES string of the molecule is COc1cc(O)cc2oc(C)c(-c3ccc(O)cc3)c(=O)c12. The second kappa shape index (κ2) is 5.11. The Balaban J connectivity index is 2.39. The van der Waals surface area contributed by atoms with Gasteiger partial charge in [0.15, 0.2) is 0 Å². The van der Waals surface area contributed by atoms with Crippen LogP contribution in [0.15, 0.2) is 45.6 Å². The molecule has 0 saturated heterocycles. The fraction of sp³-hybridized carbons (Fsp3) is 0.118. The molecule has 0 saturated carbocycles. The largest absolute Gasteiger partial charge is 0.508 e. The van der Waals surface area contributed by atoms with Gasteiger partial charge < -0.3 is 19.4 Å². The van der Waals surface area contributed by atoms with E-state index in [1.54, 1.807) is 19.1 Å². The summed E-state index contributed by atoms with van der Waals surface area (Å²) in [4.78, 5) is 12.8. The third kappa shape index (κ3) is 2.16. The number of hydrogen-bond acceptors (Lipinski definition) is 5. The van der Waals surface area contributed by atoms with Crippen molar-refractivity contribution in [3.8, 4) is 28.4 Å². The van der Waals surface area contributed by atoms with Crippen molar-refractivity contribution in [2.45, 2.75) is 6.92 Å². The monoisotopic (exact) mass is 298 g/mol. The second-order valence-corrected chi connectivity index (χ2v) is 4.93. The van der Waals surface area contributed by atoms with Crippen molar-refractivity contribution in [1.29, 1.82) is 0 Å². The van der Waals surface area contributed by atoms with E-state index in [2.05, 4.69) is 0 Å². The average Bonchev–Trinajstić information content (AvgIpc) is 2.47. The van der Waals surface area contributed by atoms with Gasteiger partial charge in [-0.3, -0.25) is 4.79 Å². The minimum absolute atomic E-state index is 0.0377. The van der Waals surface area contributed by atoms with Crippen LogP contribution >= 0.6 is 0 Å². The first-order valence-corrected chi connectivity index (χ1v) is 6.65. The Hall–Kier alpha value is -2.95. The van der Waals surface area contributed by atoms with E-state index >= 15 is 0 Å². The predicted molar refractivity (Wildman–Crippen MR) is 82.5 cm³/mol. The molecule has 2 N–H and O–H groups in total. The molecule has 0 unspecified atom stereocenters. The zero-order chi connectivity index (χ0) is 15.9. The van der Waals surface area contributed by atoms with Crippen LogP contribution in [0.3, 0.4) is 0 Å². The number of phenolic OH excluding ortho intramolecular Hbond substituents is 2. The topological polar surface area (TPSA) is 79.9 Å². The second-order valence-electron chi connectivity index (χ2n) is 4.93. The maximum Gasteiger partial charge on any atom is 0.204 e. The molecule has 0 atom stereocenters. The number of ether oxygens (including phenoxy) is 1. The molecule has 5 nitrogen and oxygen atoms in total. The summed E-state index contributed by atoms with van der Waals surface area (Å²) in [5.41, 5.74) is 1.06. The Morgan fingerprint density at radius 2 is 1.73 bits per heavy atom. The van der Waals surface area contributed by atoms with Gasteiger partial charge in [-0.25, -0.2) is 0 Å². The third-order valence-corrected chi connectivity index (χ3v) is 3.50. The number of methoxy groups -OCH3 is 1. The highest BCUT2D eigenvalue weighted by Gasteiger charge is 2.17. The fourth-order valence-electron chi connectivity index (χ4n) is 2.50. The Morgan fingerprint density at radius 1 is 1.05 bits per heavy atom. The van der Waals surface area contributed by atoms with Gasteiger partial charge in [-0.2, -0.15) is 0 Å². The lowest BCUT2D eigenvalue weighted by atomic mass is 10.0. The van der Waals surface area contributed by atoms with Crippen molar-refractivity contribution in [1.82, 2.24) is 0 Å². The number of aryl methyl sites for hydroxylation is 1. The molecule has 0 radical (unpaired) electrons. The molecule has 3 rings (SSSR count). The lowest BCUT2D eigenvalue weighted by molar-refractivity contribution is 0.411. The summed E-state index contributed by atoms with van der Waals surface area (Å²) in [5, 5.41) is 19.3. The number of phenols is 2. The Bertz CT molecular complexity index is 907. The van der Waals surface area contributed by atoms with Crippen LogP contribution < -0.4 is 10.2 Å². The van der Waals surface area contributed by atoms with Crippen molar-refractivity contribution < 1.29 is 19.4 Å². The van der Waals surface area contributed by atoms with Crippen LogP contribution in [0.5, 0.6) is 17.2 Å². The van der Waals surface area contributed by atoms with Crippen LogP contribution in [0.1, 0.15) is 5.76 Å². The van der Waals surface area contributed by atoms with E-state index < -0.39 is 0 Å². The average molecular weight is 298 g/mol. The van der Waals surface area contributed by atoms with Crippen molar-refractivity contribution in [2.75, 3.05) is 7.11 Å². The van der Waals surface area contributed by atoms with E-state index in [0.717, 1.165) is 0 Å². The summed E-state index contributed by atoms with van der Waals surface area (Å²) >= 11 is 0. The van der Waals surface area contributed by atoms with Crippen LogP contribution in [0.25, 0.3) is 22.1 Å². The standard InChI is InChI=1S/C17H14O5/c1-9-15(10-3-5-11(18)6-4-10)17(20)16-13(21-2)7-12(19)8-14(16)22-9/h3-8,18-19H,1-2H3. The lowest BCUT2D eigenvalue weighted by Crippen LogP contribution is -2.08. The van der Waals surface area contributed by atoms with Gasteiger partial charge >= 0.3 is 0 Å². The summed E-state index contributed by atoms with van der Waals surface area (Å²) < 4.78 is 10.9. The molecule has 0 bridgehead atoms. The minimum Gasteiger partial charge on any atom is -0.508 e. The highest BCUT2D eigenvalue weighted by atomic mass is 16.5. The fourth-order valence-corrected chi connectivity index (χ4v) is 2.50. The Labute approximate surface area is 126 Å². The summed E-state index contributed by atoms with van der Waals surface area (Å²) in [5.74, 6) is 0.762. The number of hydrogen-bond donors (Lipinski definition) is 2. The van der Waals surface area contributed by atoms with Crippen molar-refractivity contribution in [3.05, 3.63) is 52.4 Å². The molecule has 0 aliphatic carbocycles. The quantitative estimate of drug-likeness (QED) is 0.759. The van der Waals surface area contributed by atoms with Crippen molar-refractivity contribution in [3.63, 3.8) is 0 Å². The summed E-state index contributed by atoms with van der Waals surface area (Å²) in [6.45, 7) is 1.68. The molecule has 0 aliphatic heterocycles. The van der Waals surface area contributed by atoms with Gasteiger partial charge in [0.25, 0.3) is 0 Å². The molecule has 2 aromatic carbocycles. The van der Waals surface area contributed by atoms with E-state index in [4.69, 9.17) is 9.15 Å². The molecule has 0 amide bonds. The minimum atomic E-state index is -0.249. The van der Waals surface area contributed by atoms with Gasteiger partial charge in [0, 0.05) is 12.1 Å². The molecule has 22 heavy (non-hydrogen) atoms. The van der Waals surface area contributed by atoms with Gasteiger partial charge in [0.2, 0.25) is 5.43 Å². The molecule has 0 aliphatic rings. The van der Waals surface area contributed by atoms with E-state index in [0.29, 0.717) is 16.9 Å². The number of aromatic hydroxyl groups is 2. The first-order valence-electron chi connectivity index (χ1n) is 6.65. The van der Waals surface area contributed by atoms with Crippen molar-refractivity contribution in [2.24, 2.45) is 0 Å². The van der Waals surface area contributed by atoms with Crippen LogP contribution in [0.2, 0.25) is 0 Å². The summed E-state index contributed by atoms with van der Waals surface area (Å²) in [6.07, 6.45) is 0. The van der Waals surface area contributed by atoms with Gasteiger partial charge in [0.05, 0.1) is 12.7 Å². The number of rotatable bonds is 2. The van der Waals surface area contributed by atoms with Gasteiger partial charge in [0.1, 0.15) is 34.0 Å². The van der Waals surface area contributed by atoms with Crippen LogP contribution in [-0.4, -0.2) is 17.3 Å². The Kier molecular flexibility index (Phi) is 3.25. The summed E-state index contributed by atoms with van der Waals surface area (Å²) in [7, 11) is 1.42. The van der Waals surface area contributed by atoms with E-state index in [1.165, 1.54) is 31.4 Å². The maximum absolute atomic E-state index is 12.8. The molecule has 1 aromatic heterocycles. The molecule has 112 valence electrons. The first-order chi connectivity index (χ1) is 10.5. The van der Waals surface area contributed by atoms with Crippen LogP contribution in [-0.2, 0) is 0 Å². The highest BCUT2D eigenvalue weighted by molar-refractivity contribution is 5.89. The molecule has 3 aromatic rings. The van der Waals surface area contributed by atoms with Gasteiger partial charge in [-0.15, -0.1) is 0 Å². The van der Waals surface area contributed by atoms with Crippen molar-refractivity contribution >= 4 is 11.0 Å². The van der Waals surface area contributed by atoms with Crippen LogP contribution in [0.4, 0.5) is 0 Å². The maximum atomic E-state index is 12.8.